The molecule has 0 spiro atoms. The van der Waals surface area contributed by atoms with Crippen LogP contribution in [0.15, 0.2) is 24.5 Å². The number of hydrogen-bond donors (Lipinski definition) is 1. The highest BCUT2D eigenvalue weighted by atomic mass is 35.5. The van der Waals surface area contributed by atoms with Crippen LogP contribution < -0.4 is 5.32 Å². The highest BCUT2D eigenvalue weighted by Gasteiger charge is 2.32. The van der Waals surface area contributed by atoms with Crippen LogP contribution in [-0.4, -0.2) is 46.4 Å². The molecule has 1 amide bonds. The number of nitrogens with one attached hydrogen (secondary N) is 1. The van der Waals surface area contributed by atoms with Gasteiger partial charge in [-0.3, -0.25) is 4.79 Å². The molecule has 2 aliphatic rings. The molecule has 0 bridgehead atoms. The molecule has 24 heavy (non-hydrogen) atoms. The SMILES string of the molecule is Cc1ccn2cc(C(=O)N3CC[C@@H]4CNC[C@@H]4CC3)nc2c1.Cl.Cl. The number of carbonyl (C=O) groups is 1. The Bertz CT molecular complexity index is 704. The van der Waals surface area contributed by atoms with E-state index in [1.807, 2.05) is 40.8 Å². The van der Waals surface area contributed by atoms with Gasteiger partial charge in [0.05, 0.1) is 0 Å². The first-order valence-corrected chi connectivity index (χ1v) is 8.16. The molecule has 2 aromatic rings. The Balaban J connectivity index is 0.00000104. The molecule has 2 fully saturated rings. The second kappa shape index (κ2) is 7.72. The third kappa shape index (κ3) is 3.53. The number of likely N-dealkylation sites (tertiary alicyclic amines) is 1. The number of rotatable bonds is 1. The number of aryl methyl sites for hydroxylation is 1. The van der Waals surface area contributed by atoms with E-state index < -0.39 is 0 Å². The molecule has 0 radical (unpaired) electrons. The Morgan fingerprint density at radius 3 is 2.54 bits per heavy atom. The molecule has 5 nitrogen and oxygen atoms in total. The average molecular weight is 371 g/mol. The van der Waals surface area contributed by atoms with Gasteiger partial charge in [-0.2, -0.15) is 0 Å². The lowest BCUT2D eigenvalue weighted by atomic mass is 9.92. The Hall–Kier alpha value is -1.30. The van der Waals surface area contributed by atoms with E-state index in [9.17, 15) is 4.79 Å². The summed E-state index contributed by atoms with van der Waals surface area (Å²) in [5, 5.41) is 3.47. The van der Waals surface area contributed by atoms with Crippen molar-refractivity contribution in [2.24, 2.45) is 11.8 Å². The Morgan fingerprint density at radius 1 is 1.21 bits per heavy atom. The van der Waals surface area contributed by atoms with Crippen molar-refractivity contribution in [2.75, 3.05) is 26.2 Å². The second-order valence-electron chi connectivity index (χ2n) is 6.64. The van der Waals surface area contributed by atoms with Crippen LogP contribution in [0.3, 0.4) is 0 Å². The van der Waals surface area contributed by atoms with Gasteiger partial charge < -0.3 is 14.6 Å². The number of pyridine rings is 1. The lowest BCUT2D eigenvalue weighted by Gasteiger charge is -2.19. The number of nitrogens with zero attached hydrogens (tertiary/aromatic N) is 3. The summed E-state index contributed by atoms with van der Waals surface area (Å²) < 4.78 is 1.93. The van der Waals surface area contributed by atoms with Crippen LogP contribution in [0.5, 0.6) is 0 Å². The molecule has 0 unspecified atom stereocenters. The molecule has 0 aromatic carbocycles. The third-order valence-corrected chi connectivity index (χ3v) is 5.14. The number of halogens is 2. The molecule has 1 N–H and O–H groups in total. The Kier molecular flexibility index (Phi) is 6.12. The van der Waals surface area contributed by atoms with Gasteiger partial charge >= 0.3 is 0 Å². The van der Waals surface area contributed by atoms with Crippen LogP contribution in [0.2, 0.25) is 0 Å². The highest BCUT2D eigenvalue weighted by molar-refractivity contribution is 5.93. The van der Waals surface area contributed by atoms with Crippen molar-refractivity contribution in [3.63, 3.8) is 0 Å². The van der Waals surface area contributed by atoms with Crippen LogP contribution in [-0.2, 0) is 0 Å². The molecule has 2 atom stereocenters. The van der Waals surface area contributed by atoms with Crippen molar-refractivity contribution in [3.05, 3.63) is 35.8 Å². The lowest BCUT2D eigenvalue weighted by molar-refractivity contribution is 0.0753. The summed E-state index contributed by atoms with van der Waals surface area (Å²) in [5.41, 5.74) is 2.57. The van der Waals surface area contributed by atoms with E-state index in [0.29, 0.717) is 5.69 Å². The van der Waals surface area contributed by atoms with Crippen molar-refractivity contribution in [1.29, 1.82) is 0 Å². The number of aromatic nitrogens is 2. The summed E-state index contributed by atoms with van der Waals surface area (Å²) in [5.74, 6) is 1.55. The van der Waals surface area contributed by atoms with Gasteiger partial charge in [0, 0.05) is 25.5 Å². The number of carbonyl (C=O) groups excluding carboxylic acids is 1. The topological polar surface area (TPSA) is 49.6 Å². The predicted molar refractivity (Wildman–Crippen MR) is 99.4 cm³/mol. The molecule has 132 valence electrons. The first-order chi connectivity index (χ1) is 10.7. The number of hydrogen-bond acceptors (Lipinski definition) is 3. The van der Waals surface area contributed by atoms with Crippen molar-refractivity contribution in [1.82, 2.24) is 19.6 Å². The van der Waals surface area contributed by atoms with E-state index in [-0.39, 0.29) is 30.7 Å². The van der Waals surface area contributed by atoms with Crippen LogP contribution in [0.1, 0.15) is 28.9 Å². The first-order valence-electron chi connectivity index (χ1n) is 8.16. The van der Waals surface area contributed by atoms with Gasteiger partial charge in [0.15, 0.2) is 0 Å². The minimum absolute atomic E-state index is 0. The summed E-state index contributed by atoms with van der Waals surface area (Å²) in [6, 6.07) is 4.04. The number of amides is 1. The molecule has 2 saturated heterocycles. The van der Waals surface area contributed by atoms with E-state index in [0.717, 1.165) is 62.1 Å². The fourth-order valence-corrected chi connectivity index (χ4v) is 3.77. The lowest BCUT2D eigenvalue weighted by Crippen LogP contribution is -2.33. The molecular formula is C17H24Cl2N4O. The van der Waals surface area contributed by atoms with Gasteiger partial charge in [-0.05, 0) is 62.4 Å². The second-order valence-corrected chi connectivity index (χ2v) is 6.64. The average Bonchev–Trinajstić information content (AvgIpc) is 3.08. The summed E-state index contributed by atoms with van der Waals surface area (Å²) in [6.45, 7) is 5.97. The van der Waals surface area contributed by atoms with Crippen LogP contribution >= 0.6 is 24.8 Å². The van der Waals surface area contributed by atoms with Crippen molar-refractivity contribution < 1.29 is 4.79 Å². The van der Waals surface area contributed by atoms with Gasteiger partial charge in [-0.25, -0.2) is 4.98 Å². The standard InChI is InChI=1S/C17H22N4O.2ClH/c1-12-2-5-21-11-15(19-16(21)8-12)17(22)20-6-3-13-9-18-10-14(13)4-7-20;;/h2,5,8,11,13-14,18H,3-4,6-7,9-10H2,1H3;2*1H/t13-,14+;;. The third-order valence-electron chi connectivity index (χ3n) is 5.14. The van der Waals surface area contributed by atoms with E-state index >= 15 is 0 Å². The zero-order chi connectivity index (χ0) is 15.1. The van der Waals surface area contributed by atoms with Crippen molar-refractivity contribution in [2.45, 2.75) is 19.8 Å². The van der Waals surface area contributed by atoms with Crippen LogP contribution in [0, 0.1) is 18.8 Å². The van der Waals surface area contributed by atoms with Gasteiger partial charge in [-0.1, -0.05) is 0 Å². The number of imidazole rings is 1. The summed E-state index contributed by atoms with van der Waals surface area (Å²) in [4.78, 5) is 19.3. The molecule has 0 saturated carbocycles. The zero-order valence-electron chi connectivity index (χ0n) is 13.8. The van der Waals surface area contributed by atoms with Gasteiger partial charge in [0.25, 0.3) is 5.91 Å². The smallest absolute Gasteiger partial charge is 0.274 e. The predicted octanol–water partition coefficient (Wildman–Crippen LogP) is 2.56. The molecule has 4 rings (SSSR count). The zero-order valence-corrected chi connectivity index (χ0v) is 15.4. The van der Waals surface area contributed by atoms with Gasteiger partial charge in [0.2, 0.25) is 0 Å². The fraction of sp³-hybridized carbons (Fsp3) is 0.529. The van der Waals surface area contributed by atoms with Crippen molar-refractivity contribution in [3.8, 4) is 0 Å². The maximum Gasteiger partial charge on any atom is 0.274 e. The van der Waals surface area contributed by atoms with Gasteiger partial charge in [0.1, 0.15) is 11.3 Å². The number of fused-ring (bicyclic) bond motifs is 2. The van der Waals surface area contributed by atoms with Crippen molar-refractivity contribution >= 4 is 36.4 Å². The minimum Gasteiger partial charge on any atom is -0.337 e. The molecule has 2 aromatic heterocycles. The Labute approximate surface area is 154 Å². The van der Waals surface area contributed by atoms with E-state index in [1.165, 1.54) is 0 Å². The minimum atomic E-state index is 0. The van der Waals surface area contributed by atoms with E-state index in [2.05, 4.69) is 10.3 Å². The Morgan fingerprint density at radius 2 is 1.88 bits per heavy atom. The van der Waals surface area contributed by atoms with Crippen LogP contribution in [0.25, 0.3) is 5.65 Å². The maximum absolute atomic E-state index is 12.8. The molecule has 2 aliphatic heterocycles. The van der Waals surface area contributed by atoms with E-state index in [1.54, 1.807) is 0 Å². The maximum atomic E-state index is 12.8. The molecule has 7 heteroatoms. The first kappa shape index (κ1) is 19.0. The monoisotopic (exact) mass is 370 g/mol. The molecule has 0 aliphatic carbocycles. The van der Waals surface area contributed by atoms with E-state index in [4.69, 9.17) is 0 Å². The fourth-order valence-electron chi connectivity index (χ4n) is 3.77. The normalized spacial score (nSPS) is 23.1. The van der Waals surface area contributed by atoms with Crippen LogP contribution in [0.4, 0.5) is 0 Å². The summed E-state index contributed by atoms with van der Waals surface area (Å²) >= 11 is 0. The quantitative estimate of drug-likeness (QED) is 0.838. The summed E-state index contributed by atoms with van der Waals surface area (Å²) in [6.07, 6.45) is 6.03. The highest BCUT2D eigenvalue weighted by Crippen LogP contribution is 2.27. The largest absolute Gasteiger partial charge is 0.337 e. The van der Waals surface area contributed by atoms with Gasteiger partial charge in [-0.15, -0.1) is 24.8 Å². The molecule has 4 heterocycles. The summed E-state index contributed by atoms with van der Waals surface area (Å²) in [7, 11) is 0. The molecular weight excluding hydrogens is 347 g/mol.